The number of amides is 1. The summed E-state index contributed by atoms with van der Waals surface area (Å²) in [6, 6.07) is 7.66. The lowest BCUT2D eigenvalue weighted by molar-refractivity contribution is -0.139. The highest BCUT2D eigenvalue weighted by molar-refractivity contribution is 5.91. The van der Waals surface area contributed by atoms with E-state index in [1.54, 1.807) is 13.8 Å². The van der Waals surface area contributed by atoms with E-state index in [-0.39, 0.29) is 18.7 Å². The van der Waals surface area contributed by atoms with Crippen LogP contribution in [0.25, 0.3) is 0 Å². The minimum absolute atomic E-state index is 0.0256. The summed E-state index contributed by atoms with van der Waals surface area (Å²) in [6.45, 7) is 4.40. The Kier molecular flexibility index (Phi) is 5.90. The lowest BCUT2D eigenvalue weighted by Crippen LogP contribution is -2.24. The van der Waals surface area contributed by atoms with E-state index in [4.69, 9.17) is 5.11 Å². The van der Waals surface area contributed by atoms with Crippen molar-refractivity contribution in [1.29, 1.82) is 0 Å². The van der Waals surface area contributed by atoms with Crippen LogP contribution in [0.3, 0.4) is 0 Å². The maximum absolute atomic E-state index is 12.0. The van der Waals surface area contributed by atoms with E-state index in [2.05, 4.69) is 10.2 Å². The quantitative estimate of drug-likeness (QED) is 0.810. The highest BCUT2D eigenvalue weighted by Crippen LogP contribution is 2.25. The Labute approximate surface area is 126 Å². The molecule has 0 aromatic heterocycles. The first-order chi connectivity index (χ1) is 9.68. The summed E-state index contributed by atoms with van der Waals surface area (Å²) in [5.41, 5.74) is 1.35. The number of anilines is 1. The van der Waals surface area contributed by atoms with Gasteiger partial charge in [-0.05, 0) is 37.2 Å². The number of nitrogens with one attached hydrogen (secondary N) is 1. The molecule has 1 amide bonds. The van der Waals surface area contributed by atoms with E-state index >= 15 is 0 Å². The average Bonchev–Trinajstić information content (AvgIpc) is 2.28. The summed E-state index contributed by atoms with van der Waals surface area (Å²) in [5, 5.41) is 11.6. The van der Waals surface area contributed by atoms with Gasteiger partial charge in [0.05, 0.1) is 6.42 Å². The van der Waals surface area contributed by atoms with E-state index in [9.17, 15) is 9.59 Å². The fraction of sp³-hybridized carbons (Fsp3) is 0.500. The molecule has 0 aliphatic rings. The summed E-state index contributed by atoms with van der Waals surface area (Å²) in [5.74, 6) is -1.05. The van der Waals surface area contributed by atoms with Crippen LogP contribution in [-0.4, -0.2) is 36.0 Å². The molecule has 116 valence electrons. The van der Waals surface area contributed by atoms with Crippen molar-refractivity contribution in [2.45, 2.75) is 33.2 Å². The van der Waals surface area contributed by atoms with Crippen LogP contribution >= 0.6 is 0 Å². The number of nitrogens with zero attached hydrogens (tertiary/aromatic N) is 1. The molecule has 1 aromatic rings. The van der Waals surface area contributed by atoms with Gasteiger partial charge in [-0.25, -0.2) is 0 Å². The molecule has 0 radical (unpaired) electrons. The third-order valence-corrected chi connectivity index (χ3v) is 3.01. The molecule has 0 spiro atoms. The lowest BCUT2D eigenvalue weighted by atomic mass is 9.85. The molecule has 21 heavy (non-hydrogen) atoms. The summed E-state index contributed by atoms with van der Waals surface area (Å²) in [6.07, 6.45) is 0.154. The van der Waals surface area contributed by atoms with Crippen molar-refractivity contribution < 1.29 is 14.7 Å². The highest BCUT2D eigenvalue weighted by atomic mass is 16.4. The van der Waals surface area contributed by atoms with E-state index in [0.717, 1.165) is 12.2 Å². The van der Waals surface area contributed by atoms with Gasteiger partial charge in [0.2, 0.25) is 5.91 Å². The van der Waals surface area contributed by atoms with Crippen molar-refractivity contribution in [2.24, 2.45) is 5.41 Å². The van der Waals surface area contributed by atoms with Crippen LogP contribution in [0.5, 0.6) is 0 Å². The number of carbonyl (C=O) groups excluding carboxylic acids is 1. The summed E-state index contributed by atoms with van der Waals surface area (Å²) < 4.78 is 0. The second-order valence-electron chi connectivity index (χ2n) is 6.39. The topological polar surface area (TPSA) is 69.6 Å². The Hall–Kier alpha value is -1.88. The molecule has 0 aliphatic heterocycles. The SMILES string of the molecule is CN(C)Cc1ccc(NC(=O)CC(C)(C)CC(=O)O)cc1. The molecule has 1 rings (SSSR count). The third kappa shape index (κ3) is 6.90. The molecule has 0 fully saturated rings. The zero-order valence-corrected chi connectivity index (χ0v) is 13.1. The summed E-state index contributed by atoms with van der Waals surface area (Å²) >= 11 is 0. The number of hydrogen-bond acceptors (Lipinski definition) is 3. The van der Waals surface area contributed by atoms with Crippen LogP contribution in [0.4, 0.5) is 5.69 Å². The Morgan fingerprint density at radius 3 is 2.19 bits per heavy atom. The van der Waals surface area contributed by atoms with Gasteiger partial charge in [0.25, 0.3) is 0 Å². The van der Waals surface area contributed by atoms with Gasteiger partial charge in [-0.15, -0.1) is 0 Å². The molecule has 0 saturated carbocycles. The Balaban J connectivity index is 2.56. The number of carboxylic acids is 1. The van der Waals surface area contributed by atoms with Gasteiger partial charge in [0, 0.05) is 18.7 Å². The second kappa shape index (κ2) is 7.22. The number of benzene rings is 1. The summed E-state index contributed by atoms with van der Waals surface area (Å²) in [7, 11) is 4.00. The van der Waals surface area contributed by atoms with Crippen LogP contribution in [0.1, 0.15) is 32.3 Å². The molecule has 0 aliphatic carbocycles. The van der Waals surface area contributed by atoms with Crippen LogP contribution in [0.15, 0.2) is 24.3 Å². The predicted octanol–water partition coefficient (Wildman–Crippen LogP) is 2.58. The number of carbonyl (C=O) groups is 2. The predicted molar refractivity (Wildman–Crippen MR) is 83.1 cm³/mol. The number of aliphatic carboxylic acids is 1. The van der Waals surface area contributed by atoms with Crippen LogP contribution in [0, 0.1) is 5.41 Å². The van der Waals surface area contributed by atoms with E-state index in [1.165, 1.54) is 5.56 Å². The van der Waals surface area contributed by atoms with Gasteiger partial charge >= 0.3 is 5.97 Å². The molecule has 0 unspecified atom stereocenters. The molecular formula is C16H24N2O3. The van der Waals surface area contributed by atoms with Gasteiger partial charge in [-0.1, -0.05) is 26.0 Å². The van der Waals surface area contributed by atoms with E-state index in [0.29, 0.717) is 0 Å². The maximum atomic E-state index is 12.0. The molecule has 2 N–H and O–H groups in total. The number of hydrogen-bond donors (Lipinski definition) is 2. The number of rotatable bonds is 7. The zero-order valence-electron chi connectivity index (χ0n) is 13.1. The molecule has 0 saturated heterocycles. The van der Waals surface area contributed by atoms with Crippen molar-refractivity contribution in [2.75, 3.05) is 19.4 Å². The van der Waals surface area contributed by atoms with Gasteiger partial charge in [-0.3, -0.25) is 9.59 Å². The minimum Gasteiger partial charge on any atom is -0.481 e. The van der Waals surface area contributed by atoms with Gasteiger partial charge in [0.1, 0.15) is 0 Å². The van der Waals surface area contributed by atoms with Crippen molar-refractivity contribution in [3.63, 3.8) is 0 Å². The molecule has 5 nitrogen and oxygen atoms in total. The van der Waals surface area contributed by atoms with E-state index < -0.39 is 11.4 Å². The first-order valence-corrected chi connectivity index (χ1v) is 6.93. The average molecular weight is 292 g/mol. The van der Waals surface area contributed by atoms with Crippen LogP contribution < -0.4 is 5.32 Å². The third-order valence-electron chi connectivity index (χ3n) is 3.01. The second-order valence-corrected chi connectivity index (χ2v) is 6.39. The lowest BCUT2D eigenvalue weighted by Gasteiger charge is -2.21. The first-order valence-electron chi connectivity index (χ1n) is 6.93. The molecular weight excluding hydrogens is 268 g/mol. The van der Waals surface area contributed by atoms with Crippen molar-refractivity contribution in [3.8, 4) is 0 Å². The smallest absolute Gasteiger partial charge is 0.303 e. The molecule has 0 atom stereocenters. The van der Waals surface area contributed by atoms with Crippen LogP contribution in [-0.2, 0) is 16.1 Å². The Bertz CT molecular complexity index is 493. The van der Waals surface area contributed by atoms with Crippen LogP contribution in [0.2, 0.25) is 0 Å². The Morgan fingerprint density at radius 1 is 1.14 bits per heavy atom. The minimum atomic E-state index is -0.888. The standard InChI is InChI=1S/C16H24N2O3/c1-16(2,10-15(20)21)9-14(19)17-13-7-5-12(6-8-13)11-18(3)4/h5-8H,9-11H2,1-4H3,(H,17,19)(H,20,21). The highest BCUT2D eigenvalue weighted by Gasteiger charge is 2.25. The molecule has 1 aromatic carbocycles. The molecule has 0 heterocycles. The Morgan fingerprint density at radius 2 is 1.71 bits per heavy atom. The van der Waals surface area contributed by atoms with Gasteiger partial charge in [0.15, 0.2) is 0 Å². The zero-order chi connectivity index (χ0) is 16.0. The van der Waals surface area contributed by atoms with Crippen molar-refractivity contribution in [3.05, 3.63) is 29.8 Å². The molecule has 0 bridgehead atoms. The van der Waals surface area contributed by atoms with Crippen molar-refractivity contribution in [1.82, 2.24) is 4.90 Å². The normalized spacial score (nSPS) is 11.5. The first kappa shape index (κ1) is 17.2. The van der Waals surface area contributed by atoms with Gasteiger partial charge in [-0.2, -0.15) is 0 Å². The van der Waals surface area contributed by atoms with Crippen molar-refractivity contribution >= 4 is 17.6 Å². The fourth-order valence-corrected chi connectivity index (χ4v) is 2.17. The summed E-state index contributed by atoms with van der Waals surface area (Å²) in [4.78, 5) is 24.8. The molecule has 5 heteroatoms. The largest absolute Gasteiger partial charge is 0.481 e. The maximum Gasteiger partial charge on any atom is 0.303 e. The monoisotopic (exact) mass is 292 g/mol. The number of carboxylic acid groups (broad SMARTS) is 1. The van der Waals surface area contributed by atoms with E-state index in [1.807, 2.05) is 38.4 Å². The van der Waals surface area contributed by atoms with Gasteiger partial charge < -0.3 is 15.3 Å². The fourth-order valence-electron chi connectivity index (χ4n) is 2.17.